The van der Waals surface area contributed by atoms with Crippen LogP contribution in [0.4, 0.5) is 0 Å². The summed E-state index contributed by atoms with van der Waals surface area (Å²) in [5.41, 5.74) is 5.89. The van der Waals surface area contributed by atoms with Crippen LogP contribution in [0.25, 0.3) is 22.3 Å². The summed E-state index contributed by atoms with van der Waals surface area (Å²) in [7, 11) is 1.57. The Balaban J connectivity index is 1.95. The fraction of sp³-hybridized carbons (Fsp3) is 0.105. The lowest BCUT2D eigenvalue weighted by Crippen LogP contribution is -2.12. The molecule has 5 nitrogen and oxygen atoms in total. The number of nitrogens with one attached hydrogen (secondary N) is 1. The van der Waals surface area contributed by atoms with Crippen molar-refractivity contribution in [2.24, 2.45) is 0 Å². The van der Waals surface area contributed by atoms with Gasteiger partial charge in [0, 0.05) is 34.8 Å². The molecule has 2 aromatic carbocycles. The number of methoxy groups -OCH3 is 1. The van der Waals surface area contributed by atoms with E-state index in [0.717, 1.165) is 27.8 Å². The first kappa shape index (κ1) is 15.4. The third-order valence-electron chi connectivity index (χ3n) is 4.31. The lowest BCUT2D eigenvalue weighted by atomic mass is 9.92. The van der Waals surface area contributed by atoms with E-state index in [4.69, 9.17) is 10.00 Å². The minimum atomic E-state index is -0.0751. The molecule has 1 amide bonds. The number of nitrogens with zero attached hydrogens (tertiary/aromatic N) is 2. The van der Waals surface area contributed by atoms with Crippen LogP contribution >= 0.6 is 11.5 Å². The summed E-state index contributed by atoms with van der Waals surface area (Å²) >= 11 is 1.38. The van der Waals surface area contributed by atoms with Crippen molar-refractivity contribution in [2.75, 3.05) is 7.11 Å². The highest BCUT2D eigenvalue weighted by molar-refractivity contribution is 7.03. The molecule has 1 aromatic heterocycles. The maximum Gasteiger partial charge on any atom is 0.251 e. The third kappa shape index (κ3) is 2.55. The molecule has 3 aromatic rings. The van der Waals surface area contributed by atoms with E-state index in [2.05, 4.69) is 15.8 Å². The second-order valence-corrected chi connectivity index (χ2v) is 6.33. The Morgan fingerprint density at radius 2 is 2.04 bits per heavy atom. The van der Waals surface area contributed by atoms with E-state index in [0.29, 0.717) is 23.4 Å². The third-order valence-corrected chi connectivity index (χ3v) is 4.89. The number of hydrogen-bond donors (Lipinski definition) is 1. The monoisotopic (exact) mass is 347 g/mol. The average Bonchev–Trinajstić information content (AvgIpc) is 3.31. The van der Waals surface area contributed by atoms with Gasteiger partial charge in [0.1, 0.15) is 5.75 Å². The maximum absolute atomic E-state index is 12.2. The summed E-state index contributed by atoms with van der Waals surface area (Å²) in [6.07, 6.45) is 1.81. The van der Waals surface area contributed by atoms with Gasteiger partial charge in [-0.2, -0.15) is 5.26 Å². The predicted molar refractivity (Wildman–Crippen MR) is 95.4 cm³/mol. The molecule has 1 aliphatic rings. The molecule has 2 heterocycles. The zero-order chi connectivity index (χ0) is 17.4. The zero-order valence-corrected chi connectivity index (χ0v) is 14.2. The Labute approximate surface area is 148 Å². The van der Waals surface area contributed by atoms with Crippen molar-refractivity contribution < 1.29 is 9.53 Å². The molecule has 6 heteroatoms. The van der Waals surface area contributed by atoms with Crippen molar-refractivity contribution in [2.45, 2.75) is 6.54 Å². The summed E-state index contributed by atoms with van der Waals surface area (Å²) in [5, 5.41) is 13.9. The van der Waals surface area contributed by atoms with E-state index < -0.39 is 0 Å². The van der Waals surface area contributed by atoms with Gasteiger partial charge in [-0.05, 0) is 58.6 Å². The Bertz CT molecular complexity index is 1020. The first-order chi connectivity index (χ1) is 12.2. The molecule has 0 saturated carbocycles. The van der Waals surface area contributed by atoms with Crippen LogP contribution in [-0.2, 0) is 6.54 Å². The summed E-state index contributed by atoms with van der Waals surface area (Å²) in [5.74, 6) is 0.528. The van der Waals surface area contributed by atoms with E-state index in [1.807, 2.05) is 29.8 Å². The lowest BCUT2D eigenvalue weighted by Gasteiger charge is -2.13. The van der Waals surface area contributed by atoms with E-state index in [1.54, 1.807) is 19.2 Å². The van der Waals surface area contributed by atoms with Gasteiger partial charge in [-0.1, -0.05) is 0 Å². The lowest BCUT2D eigenvalue weighted by molar-refractivity contribution is 0.0966. The number of nitriles is 1. The van der Waals surface area contributed by atoms with Gasteiger partial charge in [0.2, 0.25) is 0 Å². The van der Waals surface area contributed by atoms with Crippen molar-refractivity contribution in [3.05, 3.63) is 58.6 Å². The molecule has 25 heavy (non-hydrogen) atoms. The van der Waals surface area contributed by atoms with Crippen LogP contribution in [0.15, 0.2) is 41.9 Å². The van der Waals surface area contributed by atoms with Gasteiger partial charge in [-0.15, -0.1) is 0 Å². The number of fused-ring (bicyclic) bond motifs is 1. The fourth-order valence-corrected chi connectivity index (χ4v) is 3.62. The number of carbonyl (C=O) groups excluding carboxylic acids is 1. The van der Waals surface area contributed by atoms with Gasteiger partial charge >= 0.3 is 0 Å². The second kappa shape index (κ2) is 6.04. The molecule has 0 spiro atoms. The number of hydrogen-bond acceptors (Lipinski definition) is 5. The summed E-state index contributed by atoms with van der Waals surface area (Å²) < 4.78 is 9.63. The topological polar surface area (TPSA) is 75.0 Å². The molecule has 0 atom stereocenters. The molecule has 0 saturated heterocycles. The molecule has 1 N–H and O–H groups in total. The van der Waals surface area contributed by atoms with Crippen molar-refractivity contribution in [1.29, 1.82) is 5.26 Å². The van der Waals surface area contributed by atoms with Gasteiger partial charge in [0.25, 0.3) is 5.91 Å². The molecule has 122 valence electrons. The molecule has 0 fully saturated rings. The Kier molecular flexibility index (Phi) is 3.71. The second-order valence-electron chi connectivity index (χ2n) is 5.67. The molecule has 0 aliphatic carbocycles. The minimum Gasteiger partial charge on any atom is -0.496 e. The first-order valence-corrected chi connectivity index (χ1v) is 8.48. The van der Waals surface area contributed by atoms with Crippen molar-refractivity contribution in [1.82, 2.24) is 9.69 Å². The number of rotatable bonds is 3. The number of aromatic nitrogens is 1. The van der Waals surface area contributed by atoms with Gasteiger partial charge in [0.15, 0.2) is 0 Å². The molecule has 4 rings (SSSR count). The molecule has 0 bridgehead atoms. The highest BCUT2D eigenvalue weighted by Crippen LogP contribution is 2.38. The smallest absolute Gasteiger partial charge is 0.251 e. The quantitative estimate of drug-likeness (QED) is 0.785. The van der Waals surface area contributed by atoms with E-state index in [9.17, 15) is 4.79 Å². The van der Waals surface area contributed by atoms with E-state index >= 15 is 0 Å². The molecular weight excluding hydrogens is 334 g/mol. The van der Waals surface area contributed by atoms with Gasteiger partial charge in [0.05, 0.1) is 18.7 Å². The summed E-state index contributed by atoms with van der Waals surface area (Å²) in [4.78, 5) is 12.2. The van der Waals surface area contributed by atoms with Crippen molar-refractivity contribution >= 4 is 17.4 Å². The normalized spacial score (nSPS) is 12.4. The Morgan fingerprint density at radius 3 is 2.76 bits per heavy atom. The number of amides is 1. The van der Waals surface area contributed by atoms with E-state index in [1.165, 1.54) is 11.5 Å². The van der Waals surface area contributed by atoms with Crippen LogP contribution in [0.5, 0.6) is 5.75 Å². The van der Waals surface area contributed by atoms with Crippen LogP contribution in [0.1, 0.15) is 21.5 Å². The highest BCUT2D eigenvalue weighted by Gasteiger charge is 2.24. The predicted octanol–water partition coefficient (Wildman–Crippen LogP) is 3.60. The summed E-state index contributed by atoms with van der Waals surface area (Å²) in [6.45, 7) is 0.518. The van der Waals surface area contributed by atoms with Crippen molar-refractivity contribution in [3.8, 4) is 34.1 Å². The van der Waals surface area contributed by atoms with Crippen LogP contribution < -0.4 is 10.1 Å². The fourth-order valence-electron chi connectivity index (χ4n) is 3.08. The molecule has 1 aliphatic heterocycles. The zero-order valence-electron chi connectivity index (χ0n) is 13.4. The van der Waals surface area contributed by atoms with Crippen LogP contribution in [0.3, 0.4) is 0 Å². The average molecular weight is 347 g/mol. The Morgan fingerprint density at radius 1 is 1.20 bits per heavy atom. The van der Waals surface area contributed by atoms with Crippen LogP contribution in [0, 0.1) is 11.3 Å². The number of benzene rings is 2. The van der Waals surface area contributed by atoms with Gasteiger partial charge in [-0.25, -0.2) is 4.37 Å². The number of ether oxygens (including phenoxy) is 1. The van der Waals surface area contributed by atoms with Crippen molar-refractivity contribution in [3.63, 3.8) is 0 Å². The standard InChI is InChI=1S/C19H13N3O2S/c1-24-18-4-11(7-20)2-3-14(18)12-5-15(13-8-22-25-10-13)17-9-21-19(23)16(17)6-12/h2-6,8,10H,9H2,1H3,(H,21,23). The molecular formula is C19H13N3O2S. The first-order valence-electron chi connectivity index (χ1n) is 7.64. The van der Waals surface area contributed by atoms with Crippen LogP contribution in [-0.4, -0.2) is 17.4 Å². The largest absolute Gasteiger partial charge is 0.496 e. The van der Waals surface area contributed by atoms with E-state index in [-0.39, 0.29) is 5.91 Å². The van der Waals surface area contributed by atoms with Gasteiger partial charge in [-0.3, -0.25) is 4.79 Å². The SMILES string of the molecule is COc1cc(C#N)ccc1-c1cc2c(c(-c3cnsc3)c1)CNC2=O. The summed E-state index contributed by atoms with van der Waals surface area (Å²) in [6, 6.07) is 11.3. The highest BCUT2D eigenvalue weighted by atomic mass is 32.1. The number of carbonyl (C=O) groups is 1. The molecule has 0 radical (unpaired) electrons. The van der Waals surface area contributed by atoms with Gasteiger partial charge < -0.3 is 10.1 Å². The van der Waals surface area contributed by atoms with Crippen LogP contribution in [0.2, 0.25) is 0 Å². The maximum atomic E-state index is 12.2. The Hall–Kier alpha value is -3.17. The minimum absolute atomic E-state index is 0.0751. The molecule has 0 unspecified atom stereocenters.